The van der Waals surface area contributed by atoms with Crippen molar-refractivity contribution in [2.24, 2.45) is 0 Å². The van der Waals surface area contributed by atoms with Crippen LogP contribution in [-0.2, 0) is 0 Å². The third-order valence-electron chi connectivity index (χ3n) is 0.665. The largest absolute Gasteiger partial charge is 0.173 e. The highest BCUT2D eigenvalue weighted by molar-refractivity contribution is 7.60. The molecule has 1 atom stereocenters. The molecule has 0 rings (SSSR count). The summed E-state index contributed by atoms with van der Waals surface area (Å²) in [6.45, 7) is 2.06. The van der Waals surface area contributed by atoms with Crippen molar-refractivity contribution >= 4 is 28.3 Å². The molecule has 0 saturated carbocycles. The summed E-state index contributed by atoms with van der Waals surface area (Å²) in [6, 6.07) is 0. The molecule has 1 unspecified atom stereocenters. The lowest BCUT2D eigenvalue weighted by atomic mass is 10.5. The molecule has 0 nitrogen and oxygen atoms in total. The van der Waals surface area contributed by atoms with E-state index in [1.807, 2.05) is 0 Å². The van der Waals surface area contributed by atoms with Crippen LogP contribution in [0.3, 0.4) is 0 Å². The van der Waals surface area contributed by atoms with Crippen LogP contribution < -0.4 is 0 Å². The second-order valence-electron chi connectivity index (χ2n) is 1.68. The summed E-state index contributed by atoms with van der Waals surface area (Å²) in [4.78, 5) is 0. The summed E-state index contributed by atoms with van der Waals surface area (Å²) in [5.41, 5.74) is 3.05. The van der Waals surface area contributed by atoms with Crippen LogP contribution in [0.15, 0.2) is 0 Å². The lowest BCUT2D eigenvalue weighted by Gasteiger charge is -1.74. The van der Waals surface area contributed by atoms with Gasteiger partial charge in [-0.25, -0.2) is 0 Å². The lowest BCUT2D eigenvalue weighted by Crippen LogP contribution is -1.65. The molecule has 0 heterocycles. The average Bonchev–Trinajstić information content (AvgIpc) is 1.80. The van der Waals surface area contributed by atoms with Crippen molar-refractivity contribution in [2.45, 2.75) is 6.42 Å². The molecule has 0 aliphatic carbocycles. The highest BCUT2D eigenvalue weighted by Gasteiger charge is 1.82. The lowest BCUT2D eigenvalue weighted by molar-refractivity contribution is 1.30. The van der Waals surface area contributed by atoms with Crippen molar-refractivity contribution in [3.8, 4) is 11.6 Å². The van der Waals surface area contributed by atoms with E-state index >= 15 is 0 Å². The molecule has 0 bridgehead atoms. The Morgan fingerprint density at radius 1 is 1.67 bits per heavy atom. The fraction of sp³-hybridized carbons (Fsp3) is 0.429. The highest BCUT2D eigenvalue weighted by Crippen LogP contribution is 2.07. The molecule has 0 aliphatic rings. The van der Waals surface area contributed by atoms with Crippen LogP contribution in [0.1, 0.15) is 6.42 Å². The van der Waals surface area contributed by atoms with Gasteiger partial charge in [0, 0.05) is 6.42 Å². The van der Waals surface area contributed by atoms with E-state index in [0.717, 1.165) is 12.6 Å². The Hall–Kier alpha value is -0.100. The number of rotatable bonds is 2. The van der Waals surface area contributed by atoms with E-state index < -0.39 is 0 Å². The maximum Gasteiger partial charge on any atom is 0.173 e. The van der Waals surface area contributed by atoms with E-state index in [0.29, 0.717) is 0 Å². The Balaban J connectivity index is 3.37. The normalized spacial score (nSPS) is 10.1. The van der Waals surface area contributed by atoms with Gasteiger partial charge in [-0.05, 0) is 6.16 Å². The van der Waals surface area contributed by atoms with Gasteiger partial charge in [-0.2, -0.15) is 0 Å². The van der Waals surface area contributed by atoms with E-state index in [2.05, 4.69) is 30.8 Å². The first-order chi connectivity index (χ1) is 4.27. The van der Waals surface area contributed by atoms with Crippen LogP contribution in [0.25, 0.3) is 0 Å². The summed E-state index contributed by atoms with van der Waals surface area (Å²) in [6.07, 6.45) is 9.58. The van der Waals surface area contributed by atoms with E-state index in [1.165, 1.54) is 8.20 Å². The molecular weight excluding hydrogens is 146 g/mol. The van der Waals surface area contributed by atoms with Crippen molar-refractivity contribution in [1.82, 2.24) is 0 Å². The molecule has 0 aliphatic heterocycles. The predicted molar refractivity (Wildman–Crippen MR) is 51.3 cm³/mol. The molecule has 0 radical (unpaired) electrons. The van der Waals surface area contributed by atoms with Gasteiger partial charge in [0.05, 0.1) is 6.30 Å². The van der Waals surface area contributed by atoms with Gasteiger partial charge < -0.3 is 0 Å². The maximum absolute atomic E-state index is 3.81. The monoisotopic (exact) mass is 157 g/mol. The molecule has 0 saturated heterocycles. The van der Waals surface area contributed by atoms with E-state index in [9.17, 15) is 0 Å². The Kier molecular flexibility index (Phi) is 5.96. The zero-order chi connectivity index (χ0) is 7.11. The van der Waals surface area contributed by atoms with E-state index in [4.69, 9.17) is 0 Å². The minimum atomic E-state index is -0.252. The number of hydrogen-bond donors (Lipinski definition) is 0. The Bertz CT molecular complexity index is 159. The summed E-state index contributed by atoms with van der Waals surface area (Å²) in [5.74, 6) is 3.06. The minimum absolute atomic E-state index is 0.252. The van der Waals surface area contributed by atoms with Gasteiger partial charge in [0.25, 0.3) is 0 Å². The zero-order valence-electron chi connectivity index (χ0n) is 5.72. The zero-order valence-corrected chi connectivity index (χ0v) is 7.51. The Morgan fingerprint density at radius 3 is 2.78 bits per heavy atom. The van der Waals surface area contributed by atoms with Gasteiger partial charge in [-0.1, -0.05) is 12.2 Å². The van der Waals surface area contributed by atoms with Crippen molar-refractivity contribution in [3.05, 3.63) is 0 Å². The summed E-state index contributed by atoms with van der Waals surface area (Å²) >= 11 is 0. The highest BCUT2D eigenvalue weighted by atomic mass is 31.1. The molecule has 0 aromatic rings. The molecule has 0 aromatic heterocycles. The third kappa shape index (κ3) is 7.90. The van der Waals surface area contributed by atoms with Crippen molar-refractivity contribution in [1.29, 1.82) is 0 Å². The molecular formula is C7H11P2+. The van der Waals surface area contributed by atoms with Gasteiger partial charge in [-0.15, -0.1) is 8.20 Å². The van der Waals surface area contributed by atoms with Gasteiger partial charge in [0.2, 0.25) is 0 Å². The van der Waals surface area contributed by atoms with Gasteiger partial charge >= 0.3 is 0 Å². The predicted octanol–water partition coefficient (Wildman–Crippen LogP) is 2.26. The molecule has 0 N–H and O–H groups in total. The molecule has 0 fully saturated rings. The SMILES string of the molecule is C=PCCC#C[P+](=C)C. The molecule has 48 valence electrons. The first-order valence-electron chi connectivity index (χ1n) is 2.72. The first kappa shape index (κ1) is 8.90. The molecule has 2 heteroatoms. The second-order valence-corrected chi connectivity index (χ2v) is 4.20. The quantitative estimate of drug-likeness (QED) is 0.327. The van der Waals surface area contributed by atoms with Crippen LogP contribution in [0.4, 0.5) is 0 Å². The van der Waals surface area contributed by atoms with Crippen molar-refractivity contribution in [2.75, 3.05) is 12.8 Å². The average molecular weight is 157 g/mol. The van der Waals surface area contributed by atoms with Gasteiger partial charge in [0.15, 0.2) is 7.55 Å². The maximum atomic E-state index is 3.81. The van der Waals surface area contributed by atoms with Crippen LogP contribution >= 0.6 is 15.7 Å². The Labute approximate surface area is 59.9 Å². The van der Waals surface area contributed by atoms with Gasteiger partial charge in [-0.3, -0.25) is 0 Å². The fourth-order valence-electron chi connectivity index (χ4n) is 0.326. The molecule has 0 spiro atoms. The van der Waals surface area contributed by atoms with Crippen LogP contribution in [-0.4, -0.2) is 25.4 Å². The van der Waals surface area contributed by atoms with Gasteiger partial charge in [0.1, 0.15) is 12.3 Å². The number of hydrogen-bond acceptors (Lipinski definition) is 0. The van der Waals surface area contributed by atoms with Crippen LogP contribution in [0.5, 0.6) is 0 Å². The molecule has 0 aromatic carbocycles. The standard InChI is InChI=1S/C7H11P2/c1-8-6-4-5-7-9(2)3/h1-2,4,6H2,3H3/q+1. The van der Waals surface area contributed by atoms with E-state index in [-0.39, 0.29) is 7.55 Å². The summed E-state index contributed by atoms with van der Waals surface area (Å²) < 4.78 is 0. The van der Waals surface area contributed by atoms with Crippen LogP contribution in [0.2, 0.25) is 0 Å². The smallest absolute Gasteiger partial charge is 0.111 e. The Morgan fingerprint density at radius 2 is 2.33 bits per heavy atom. The summed E-state index contributed by atoms with van der Waals surface area (Å²) in [5, 5.41) is 0. The minimum Gasteiger partial charge on any atom is -0.111 e. The van der Waals surface area contributed by atoms with E-state index in [1.54, 1.807) is 0 Å². The summed E-state index contributed by atoms with van der Waals surface area (Å²) in [7, 11) is 0.940. The first-order valence-corrected chi connectivity index (χ1v) is 5.96. The third-order valence-corrected chi connectivity index (χ3v) is 1.74. The molecule has 0 amide bonds. The topological polar surface area (TPSA) is 0 Å². The van der Waals surface area contributed by atoms with Crippen molar-refractivity contribution in [3.63, 3.8) is 0 Å². The second kappa shape index (κ2) is 6.03. The fourth-order valence-corrected chi connectivity index (χ4v) is 0.977. The van der Waals surface area contributed by atoms with Crippen LogP contribution in [0, 0.1) is 11.6 Å². The molecule has 9 heavy (non-hydrogen) atoms. The van der Waals surface area contributed by atoms with Crippen molar-refractivity contribution < 1.29 is 0 Å².